The number of aromatic nitrogens is 3. The molecule has 1 N–H and O–H groups in total. The van der Waals surface area contributed by atoms with E-state index in [0.29, 0.717) is 5.92 Å². The predicted octanol–water partition coefficient (Wildman–Crippen LogP) is 2.28. The summed E-state index contributed by atoms with van der Waals surface area (Å²) < 4.78 is 1.97. The number of fused-ring (bicyclic) bond motifs is 1. The molecular weight excluding hydrogens is 256 g/mol. The van der Waals surface area contributed by atoms with Crippen molar-refractivity contribution in [3.8, 4) is 0 Å². The Morgan fingerprint density at radius 3 is 3.21 bits per heavy atom. The SMILES string of the molecule is CCNCc1ncn(CC2CSc3ccccc32)n1. The normalized spacial score (nSPS) is 17.6. The molecule has 0 saturated heterocycles. The van der Waals surface area contributed by atoms with Crippen LogP contribution < -0.4 is 5.32 Å². The maximum atomic E-state index is 4.52. The Labute approximate surface area is 117 Å². The molecule has 19 heavy (non-hydrogen) atoms. The van der Waals surface area contributed by atoms with Crippen molar-refractivity contribution < 1.29 is 0 Å². The molecular formula is C14H18N4S. The fourth-order valence-electron chi connectivity index (χ4n) is 2.35. The van der Waals surface area contributed by atoms with Gasteiger partial charge in [0.05, 0.1) is 13.1 Å². The van der Waals surface area contributed by atoms with Gasteiger partial charge in [-0.25, -0.2) is 4.98 Å². The number of hydrogen-bond donors (Lipinski definition) is 1. The summed E-state index contributed by atoms with van der Waals surface area (Å²) in [4.78, 5) is 5.75. The molecule has 1 aliphatic rings. The maximum absolute atomic E-state index is 4.52. The highest BCUT2D eigenvalue weighted by atomic mass is 32.2. The standard InChI is InChI=1S/C14H18N4S/c1-2-15-7-14-16-10-18(17-14)8-11-9-19-13-6-4-3-5-12(11)13/h3-6,10-11,15H,2,7-9H2,1H3. The molecule has 2 heterocycles. The molecule has 0 amide bonds. The Morgan fingerprint density at radius 1 is 1.42 bits per heavy atom. The van der Waals surface area contributed by atoms with E-state index in [2.05, 4.69) is 46.6 Å². The van der Waals surface area contributed by atoms with Crippen LogP contribution in [0.5, 0.6) is 0 Å². The smallest absolute Gasteiger partial charge is 0.164 e. The quantitative estimate of drug-likeness (QED) is 0.908. The molecule has 100 valence electrons. The van der Waals surface area contributed by atoms with E-state index in [9.17, 15) is 0 Å². The molecule has 0 bridgehead atoms. The molecule has 0 fully saturated rings. The van der Waals surface area contributed by atoms with Crippen LogP contribution in [0.25, 0.3) is 0 Å². The van der Waals surface area contributed by atoms with E-state index < -0.39 is 0 Å². The van der Waals surface area contributed by atoms with Crippen molar-refractivity contribution in [3.05, 3.63) is 42.0 Å². The van der Waals surface area contributed by atoms with Crippen molar-refractivity contribution in [3.63, 3.8) is 0 Å². The van der Waals surface area contributed by atoms with Gasteiger partial charge in [-0.15, -0.1) is 11.8 Å². The van der Waals surface area contributed by atoms with E-state index >= 15 is 0 Å². The number of thioether (sulfide) groups is 1. The van der Waals surface area contributed by atoms with Crippen LogP contribution in [0.1, 0.15) is 24.2 Å². The Morgan fingerprint density at radius 2 is 2.32 bits per heavy atom. The first-order valence-corrected chi connectivity index (χ1v) is 7.66. The Balaban J connectivity index is 1.68. The van der Waals surface area contributed by atoms with Gasteiger partial charge in [-0.2, -0.15) is 5.10 Å². The van der Waals surface area contributed by atoms with E-state index in [1.54, 1.807) is 0 Å². The first-order valence-electron chi connectivity index (χ1n) is 6.67. The van der Waals surface area contributed by atoms with Gasteiger partial charge in [0.25, 0.3) is 0 Å². The second-order valence-corrected chi connectivity index (χ2v) is 5.77. The molecule has 2 aromatic rings. The molecule has 4 nitrogen and oxygen atoms in total. The Bertz CT molecular complexity index is 552. The lowest BCUT2D eigenvalue weighted by Crippen LogP contribution is -2.14. The van der Waals surface area contributed by atoms with Gasteiger partial charge in [0.15, 0.2) is 5.82 Å². The molecule has 1 aliphatic heterocycles. The van der Waals surface area contributed by atoms with Crippen molar-refractivity contribution in [2.45, 2.75) is 30.8 Å². The first-order chi connectivity index (χ1) is 9.36. The summed E-state index contributed by atoms with van der Waals surface area (Å²) in [6.07, 6.45) is 1.85. The average Bonchev–Trinajstić information content (AvgIpc) is 3.05. The summed E-state index contributed by atoms with van der Waals surface area (Å²) in [6.45, 7) is 4.70. The third-order valence-corrected chi connectivity index (χ3v) is 4.58. The lowest BCUT2D eigenvalue weighted by Gasteiger charge is -2.09. The largest absolute Gasteiger partial charge is 0.310 e. The number of nitrogens with one attached hydrogen (secondary N) is 1. The molecule has 3 rings (SSSR count). The van der Waals surface area contributed by atoms with Crippen molar-refractivity contribution in [2.75, 3.05) is 12.3 Å². The van der Waals surface area contributed by atoms with Gasteiger partial charge < -0.3 is 5.32 Å². The van der Waals surface area contributed by atoms with Crippen LogP contribution >= 0.6 is 11.8 Å². The monoisotopic (exact) mass is 274 g/mol. The molecule has 1 unspecified atom stereocenters. The summed E-state index contributed by atoms with van der Waals surface area (Å²) in [7, 11) is 0. The Hall–Kier alpha value is -1.33. The van der Waals surface area contributed by atoms with Crippen molar-refractivity contribution >= 4 is 11.8 Å². The van der Waals surface area contributed by atoms with Crippen LogP contribution in [0, 0.1) is 0 Å². The second kappa shape index (κ2) is 5.75. The van der Waals surface area contributed by atoms with Gasteiger partial charge in [0.1, 0.15) is 6.33 Å². The summed E-state index contributed by atoms with van der Waals surface area (Å²) in [5, 5.41) is 7.76. The minimum atomic E-state index is 0.551. The number of benzene rings is 1. The summed E-state index contributed by atoms with van der Waals surface area (Å²) in [5.74, 6) is 2.57. The van der Waals surface area contributed by atoms with E-state index in [4.69, 9.17) is 0 Å². The number of hydrogen-bond acceptors (Lipinski definition) is 4. The molecule has 1 atom stereocenters. The van der Waals surface area contributed by atoms with E-state index in [1.165, 1.54) is 10.5 Å². The minimum absolute atomic E-state index is 0.551. The fourth-order valence-corrected chi connectivity index (χ4v) is 3.59. The van der Waals surface area contributed by atoms with Crippen LogP contribution in [0.3, 0.4) is 0 Å². The van der Waals surface area contributed by atoms with Crippen molar-refractivity contribution in [2.24, 2.45) is 0 Å². The molecule has 0 radical (unpaired) electrons. The second-order valence-electron chi connectivity index (χ2n) is 4.71. The molecule has 0 saturated carbocycles. The molecule has 0 aliphatic carbocycles. The molecule has 5 heteroatoms. The van der Waals surface area contributed by atoms with Gasteiger partial charge in [-0.3, -0.25) is 4.68 Å². The van der Waals surface area contributed by atoms with Crippen LogP contribution in [0.15, 0.2) is 35.5 Å². The third-order valence-electron chi connectivity index (χ3n) is 3.32. The van der Waals surface area contributed by atoms with Crippen LogP contribution in [-0.2, 0) is 13.1 Å². The molecule has 1 aromatic heterocycles. The van der Waals surface area contributed by atoms with Gasteiger partial charge >= 0.3 is 0 Å². The van der Waals surface area contributed by atoms with Crippen LogP contribution in [0.2, 0.25) is 0 Å². The zero-order valence-electron chi connectivity index (χ0n) is 11.0. The first kappa shape index (κ1) is 12.7. The predicted molar refractivity (Wildman–Crippen MR) is 77.3 cm³/mol. The van der Waals surface area contributed by atoms with Gasteiger partial charge in [0, 0.05) is 16.6 Å². The molecule has 0 spiro atoms. The zero-order valence-corrected chi connectivity index (χ0v) is 11.9. The summed E-state index contributed by atoms with van der Waals surface area (Å²) >= 11 is 1.94. The van der Waals surface area contributed by atoms with Crippen molar-refractivity contribution in [1.82, 2.24) is 20.1 Å². The summed E-state index contributed by atoms with van der Waals surface area (Å²) in [6, 6.07) is 8.67. The summed E-state index contributed by atoms with van der Waals surface area (Å²) in [5.41, 5.74) is 1.45. The van der Waals surface area contributed by atoms with Gasteiger partial charge in [-0.1, -0.05) is 25.1 Å². The highest BCUT2D eigenvalue weighted by Crippen LogP contribution is 2.39. The fraction of sp³-hybridized carbons (Fsp3) is 0.429. The maximum Gasteiger partial charge on any atom is 0.164 e. The number of nitrogens with zero attached hydrogens (tertiary/aromatic N) is 3. The Kier molecular flexibility index (Phi) is 3.84. The van der Waals surface area contributed by atoms with Gasteiger partial charge in [-0.05, 0) is 18.2 Å². The average molecular weight is 274 g/mol. The lowest BCUT2D eigenvalue weighted by atomic mass is 10.0. The molecule has 1 aromatic carbocycles. The zero-order chi connectivity index (χ0) is 13.1. The van der Waals surface area contributed by atoms with Crippen LogP contribution in [0.4, 0.5) is 0 Å². The van der Waals surface area contributed by atoms with E-state index in [1.807, 2.05) is 22.8 Å². The highest BCUT2D eigenvalue weighted by Gasteiger charge is 2.23. The van der Waals surface area contributed by atoms with Crippen LogP contribution in [-0.4, -0.2) is 27.1 Å². The van der Waals surface area contributed by atoms with E-state index in [-0.39, 0.29) is 0 Å². The lowest BCUT2D eigenvalue weighted by molar-refractivity contribution is 0.539. The van der Waals surface area contributed by atoms with Crippen molar-refractivity contribution in [1.29, 1.82) is 0 Å². The van der Waals surface area contributed by atoms with Gasteiger partial charge in [0.2, 0.25) is 0 Å². The topological polar surface area (TPSA) is 42.7 Å². The third kappa shape index (κ3) is 2.82. The minimum Gasteiger partial charge on any atom is -0.310 e. The number of rotatable bonds is 5. The highest BCUT2D eigenvalue weighted by molar-refractivity contribution is 7.99. The van der Waals surface area contributed by atoms with E-state index in [0.717, 1.165) is 31.2 Å².